The molecule has 0 bridgehead atoms. The maximum absolute atomic E-state index is 5.71. The first-order valence-electron chi connectivity index (χ1n) is 5.02. The largest absolute Gasteiger partial charge is 0.490 e. The van der Waals surface area contributed by atoms with Gasteiger partial charge in [0.25, 0.3) is 0 Å². The van der Waals surface area contributed by atoms with Gasteiger partial charge >= 0.3 is 0 Å². The average Bonchev–Trinajstić information content (AvgIpc) is 2.59. The van der Waals surface area contributed by atoms with Gasteiger partial charge in [-0.25, -0.2) is 0 Å². The highest BCUT2D eigenvalue weighted by Gasteiger charge is 2.20. The number of ether oxygens (including phenoxy) is 1. The maximum Gasteiger partial charge on any atom is 0.123 e. The van der Waals surface area contributed by atoms with Crippen LogP contribution in [0.15, 0.2) is 36.4 Å². The minimum absolute atomic E-state index is 0.329. The van der Waals surface area contributed by atoms with E-state index in [1.165, 1.54) is 16.3 Å². The number of hydrogen-bond acceptors (Lipinski definition) is 1. The fourth-order valence-corrected chi connectivity index (χ4v) is 2.18. The quantitative estimate of drug-likeness (QED) is 0.611. The lowest BCUT2D eigenvalue weighted by Crippen LogP contribution is -2.05. The van der Waals surface area contributed by atoms with E-state index >= 15 is 0 Å². The van der Waals surface area contributed by atoms with Gasteiger partial charge in [-0.15, -0.1) is 0 Å². The molecule has 1 unspecified atom stereocenters. The van der Waals surface area contributed by atoms with Crippen molar-refractivity contribution in [3.63, 3.8) is 0 Å². The van der Waals surface area contributed by atoms with Crippen molar-refractivity contribution in [1.82, 2.24) is 0 Å². The zero-order valence-corrected chi connectivity index (χ0v) is 8.16. The van der Waals surface area contributed by atoms with E-state index in [0.717, 1.165) is 12.2 Å². The lowest BCUT2D eigenvalue weighted by atomic mass is 10.0. The monoisotopic (exact) mass is 184 g/mol. The second-order valence-electron chi connectivity index (χ2n) is 3.90. The molecule has 0 fully saturated rings. The molecule has 70 valence electrons. The number of hydrogen-bond donors (Lipinski definition) is 0. The van der Waals surface area contributed by atoms with Crippen LogP contribution in [0.1, 0.15) is 12.5 Å². The molecule has 3 rings (SSSR count). The summed E-state index contributed by atoms with van der Waals surface area (Å²) in [5.74, 6) is 1.07. The van der Waals surface area contributed by atoms with Crippen LogP contribution in [0.25, 0.3) is 10.8 Å². The molecular formula is C13H12O. The molecule has 0 radical (unpaired) electrons. The Labute approximate surface area is 83.3 Å². The van der Waals surface area contributed by atoms with Gasteiger partial charge in [-0.3, -0.25) is 0 Å². The fraction of sp³-hybridized carbons (Fsp3) is 0.231. The van der Waals surface area contributed by atoms with Crippen molar-refractivity contribution in [2.75, 3.05) is 0 Å². The van der Waals surface area contributed by atoms with Crippen molar-refractivity contribution in [2.24, 2.45) is 0 Å². The zero-order chi connectivity index (χ0) is 9.54. The van der Waals surface area contributed by atoms with E-state index < -0.39 is 0 Å². The first-order valence-corrected chi connectivity index (χ1v) is 5.02. The lowest BCUT2D eigenvalue weighted by Gasteiger charge is -2.03. The van der Waals surface area contributed by atoms with Crippen molar-refractivity contribution < 1.29 is 4.74 Å². The molecule has 1 aliphatic rings. The normalized spacial score (nSPS) is 19.4. The molecule has 2 aromatic rings. The molecule has 1 heterocycles. The first kappa shape index (κ1) is 7.86. The van der Waals surface area contributed by atoms with Crippen LogP contribution in [-0.2, 0) is 6.42 Å². The van der Waals surface area contributed by atoms with Crippen LogP contribution >= 0.6 is 0 Å². The van der Waals surface area contributed by atoms with Crippen molar-refractivity contribution in [1.29, 1.82) is 0 Å². The number of fused-ring (bicyclic) bond motifs is 3. The van der Waals surface area contributed by atoms with E-state index in [1.807, 2.05) is 0 Å². The fourth-order valence-electron chi connectivity index (χ4n) is 2.18. The smallest absolute Gasteiger partial charge is 0.123 e. The van der Waals surface area contributed by atoms with Crippen molar-refractivity contribution in [3.05, 3.63) is 42.0 Å². The third kappa shape index (κ3) is 1.02. The molecule has 0 amide bonds. The van der Waals surface area contributed by atoms with Crippen LogP contribution in [0.4, 0.5) is 0 Å². The van der Waals surface area contributed by atoms with Crippen LogP contribution in [0.5, 0.6) is 5.75 Å². The highest BCUT2D eigenvalue weighted by atomic mass is 16.5. The van der Waals surface area contributed by atoms with Gasteiger partial charge in [0.2, 0.25) is 0 Å². The van der Waals surface area contributed by atoms with Gasteiger partial charge in [0.15, 0.2) is 0 Å². The van der Waals surface area contributed by atoms with Gasteiger partial charge in [-0.2, -0.15) is 0 Å². The number of rotatable bonds is 0. The average molecular weight is 184 g/mol. The predicted octanol–water partition coefficient (Wildman–Crippen LogP) is 3.16. The summed E-state index contributed by atoms with van der Waals surface area (Å²) in [6, 6.07) is 12.7. The molecular weight excluding hydrogens is 172 g/mol. The molecule has 0 saturated heterocycles. The Morgan fingerprint density at radius 2 is 2.00 bits per heavy atom. The summed E-state index contributed by atoms with van der Waals surface area (Å²) in [5.41, 5.74) is 1.37. The standard InChI is InChI=1S/C13H12O/c1-9-8-12-11-5-3-2-4-10(11)6-7-13(12)14-9/h2-7,9H,8H2,1H3. The van der Waals surface area contributed by atoms with Gasteiger partial charge in [-0.05, 0) is 23.8 Å². The van der Waals surface area contributed by atoms with E-state index in [1.54, 1.807) is 0 Å². The summed E-state index contributed by atoms with van der Waals surface area (Å²) in [6.45, 7) is 2.12. The van der Waals surface area contributed by atoms with Crippen LogP contribution in [0, 0.1) is 0 Å². The third-order valence-corrected chi connectivity index (χ3v) is 2.82. The molecule has 1 nitrogen and oxygen atoms in total. The van der Waals surface area contributed by atoms with E-state index in [2.05, 4.69) is 43.3 Å². The SMILES string of the molecule is CC1Cc2c(ccc3ccccc23)O1. The van der Waals surface area contributed by atoms with Crippen molar-refractivity contribution >= 4 is 10.8 Å². The van der Waals surface area contributed by atoms with Gasteiger partial charge in [0.05, 0.1) is 0 Å². The molecule has 0 aromatic heterocycles. The van der Waals surface area contributed by atoms with Crippen molar-refractivity contribution in [2.45, 2.75) is 19.4 Å². The molecule has 1 atom stereocenters. The van der Waals surface area contributed by atoms with E-state index in [9.17, 15) is 0 Å². The van der Waals surface area contributed by atoms with Gasteiger partial charge in [-0.1, -0.05) is 30.3 Å². The summed E-state index contributed by atoms with van der Waals surface area (Å²) in [7, 11) is 0. The molecule has 2 aromatic carbocycles. The Bertz CT molecular complexity index is 488. The summed E-state index contributed by atoms with van der Waals surface area (Å²) >= 11 is 0. The van der Waals surface area contributed by atoms with E-state index in [4.69, 9.17) is 4.74 Å². The van der Waals surface area contributed by atoms with Crippen LogP contribution in [0.2, 0.25) is 0 Å². The topological polar surface area (TPSA) is 9.23 Å². The maximum atomic E-state index is 5.71. The summed E-state index contributed by atoms with van der Waals surface area (Å²) in [4.78, 5) is 0. The number of benzene rings is 2. The van der Waals surface area contributed by atoms with Gasteiger partial charge in [0.1, 0.15) is 11.9 Å². The second-order valence-corrected chi connectivity index (χ2v) is 3.90. The van der Waals surface area contributed by atoms with E-state index in [0.29, 0.717) is 6.10 Å². The minimum atomic E-state index is 0.329. The third-order valence-electron chi connectivity index (χ3n) is 2.82. The first-order chi connectivity index (χ1) is 6.84. The van der Waals surface area contributed by atoms with Crippen molar-refractivity contribution in [3.8, 4) is 5.75 Å². The Kier molecular flexibility index (Phi) is 1.54. The Morgan fingerprint density at radius 1 is 1.14 bits per heavy atom. The van der Waals surface area contributed by atoms with Gasteiger partial charge in [0, 0.05) is 12.0 Å². The highest BCUT2D eigenvalue weighted by molar-refractivity contribution is 5.88. The Morgan fingerprint density at radius 3 is 2.93 bits per heavy atom. The molecule has 14 heavy (non-hydrogen) atoms. The second kappa shape index (κ2) is 2.74. The molecule has 1 heteroatoms. The Hall–Kier alpha value is -1.50. The van der Waals surface area contributed by atoms with E-state index in [-0.39, 0.29) is 0 Å². The zero-order valence-electron chi connectivity index (χ0n) is 8.16. The van der Waals surface area contributed by atoms with Gasteiger partial charge < -0.3 is 4.74 Å². The molecule has 0 aliphatic carbocycles. The van der Waals surface area contributed by atoms with Crippen LogP contribution in [-0.4, -0.2) is 6.10 Å². The summed E-state index contributed by atoms with van der Waals surface area (Å²) in [6.07, 6.45) is 1.37. The minimum Gasteiger partial charge on any atom is -0.490 e. The summed E-state index contributed by atoms with van der Waals surface area (Å²) < 4.78 is 5.71. The van der Waals surface area contributed by atoms with Crippen LogP contribution in [0.3, 0.4) is 0 Å². The molecule has 0 N–H and O–H groups in total. The lowest BCUT2D eigenvalue weighted by molar-refractivity contribution is 0.254. The molecule has 0 spiro atoms. The molecule has 0 saturated carbocycles. The highest BCUT2D eigenvalue weighted by Crippen LogP contribution is 2.34. The predicted molar refractivity (Wildman–Crippen MR) is 57.7 cm³/mol. The summed E-state index contributed by atoms with van der Waals surface area (Å²) in [5, 5.41) is 2.65. The van der Waals surface area contributed by atoms with Crippen LogP contribution < -0.4 is 4.74 Å². The molecule has 1 aliphatic heterocycles. The Balaban J connectivity index is 2.33.